The molecule has 0 spiro atoms. The minimum absolute atomic E-state index is 0.0445. The van der Waals surface area contributed by atoms with Gasteiger partial charge in [-0.2, -0.15) is 5.26 Å². The van der Waals surface area contributed by atoms with Crippen molar-refractivity contribution in [1.82, 2.24) is 9.38 Å². The van der Waals surface area contributed by atoms with E-state index in [1.807, 2.05) is 72.0 Å². The van der Waals surface area contributed by atoms with E-state index in [-0.39, 0.29) is 12.6 Å². The topological polar surface area (TPSA) is 73.3 Å². The average molecular weight is 342 g/mol. The summed E-state index contributed by atoms with van der Waals surface area (Å²) >= 11 is 0. The van der Waals surface area contributed by atoms with E-state index >= 15 is 0 Å². The van der Waals surface area contributed by atoms with Gasteiger partial charge in [0.15, 0.2) is 5.65 Å². The molecule has 128 valence electrons. The summed E-state index contributed by atoms with van der Waals surface area (Å²) < 4.78 is 1.95. The van der Waals surface area contributed by atoms with Crippen LogP contribution in [-0.4, -0.2) is 21.1 Å². The summed E-state index contributed by atoms with van der Waals surface area (Å²) in [6.07, 6.45) is 0. The number of pyridine rings is 1. The van der Waals surface area contributed by atoms with Crippen LogP contribution in [0.2, 0.25) is 0 Å². The molecule has 5 nitrogen and oxygen atoms in total. The summed E-state index contributed by atoms with van der Waals surface area (Å²) in [5.41, 5.74) is 4.79. The molecule has 26 heavy (non-hydrogen) atoms. The van der Waals surface area contributed by atoms with Gasteiger partial charge in [-0.05, 0) is 36.2 Å². The molecule has 0 aliphatic rings. The number of para-hydroxylation sites is 2. The van der Waals surface area contributed by atoms with Crippen LogP contribution in [0.4, 0.5) is 5.82 Å². The molecule has 0 fully saturated rings. The van der Waals surface area contributed by atoms with Crippen LogP contribution < -0.4 is 5.32 Å². The van der Waals surface area contributed by atoms with E-state index in [0.717, 1.165) is 28.0 Å². The van der Waals surface area contributed by atoms with Gasteiger partial charge in [-0.15, -0.1) is 0 Å². The van der Waals surface area contributed by atoms with Crippen LogP contribution in [0, 0.1) is 18.3 Å². The summed E-state index contributed by atoms with van der Waals surface area (Å²) in [5, 5.41) is 22.9. The molecule has 2 N–H and O–H groups in total. The Balaban J connectivity index is 1.93. The van der Waals surface area contributed by atoms with E-state index in [1.54, 1.807) is 0 Å². The first kappa shape index (κ1) is 16.1. The van der Waals surface area contributed by atoms with Gasteiger partial charge in [-0.3, -0.25) is 4.40 Å². The van der Waals surface area contributed by atoms with Gasteiger partial charge in [-0.25, -0.2) is 4.98 Å². The van der Waals surface area contributed by atoms with Crippen LogP contribution in [0.15, 0.2) is 60.7 Å². The zero-order chi connectivity index (χ0) is 18.1. The molecule has 4 aromatic rings. The standard InChI is InChI=1S/C21H18N4O/c1-14-11-20(23-18(13-26)15-7-3-2-4-8-15)25-19-10-6-5-9-17(19)24-21(25)16(14)12-22/h2-11,18,23,26H,13H2,1H3/t18-/m0/s1. The normalized spacial score (nSPS) is 12.2. The highest BCUT2D eigenvalue weighted by Gasteiger charge is 2.17. The second-order valence-electron chi connectivity index (χ2n) is 6.25. The van der Waals surface area contributed by atoms with Crippen LogP contribution in [0.5, 0.6) is 0 Å². The van der Waals surface area contributed by atoms with E-state index in [0.29, 0.717) is 11.2 Å². The van der Waals surface area contributed by atoms with Gasteiger partial charge in [0.05, 0.1) is 29.2 Å². The molecule has 0 saturated heterocycles. The van der Waals surface area contributed by atoms with Crippen molar-refractivity contribution in [3.63, 3.8) is 0 Å². The van der Waals surface area contributed by atoms with E-state index < -0.39 is 0 Å². The molecule has 1 atom stereocenters. The highest BCUT2D eigenvalue weighted by Crippen LogP contribution is 2.28. The zero-order valence-electron chi connectivity index (χ0n) is 14.3. The number of hydrogen-bond donors (Lipinski definition) is 2. The van der Waals surface area contributed by atoms with E-state index in [9.17, 15) is 10.4 Å². The van der Waals surface area contributed by atoms with Crippen molar-refractivity contribution < 1.29 is 5.11 Å². The molecule has 5 heteroatoms. The molecule has 2 aromatic carbocycles. The predicted octanol–water partition coefficient (Wildman–Crippen LogP) is 3.81. The lowest BCUT2D eigenvalue weighted by Gasteiger charge is -2.20. The number of nitrogens with one attached hydrogen (secondary N) is 1. The van der Waals surface area contributed by atoms with E-state index in [4.69, 9.17) is 0 Å². The number of aliphatic hydroxyl groups is 1. The fraction of sp³-hybridized carbons (Fsp3) is 0.143. The molecule has 0 bridgehead atoms. The molecule has 4 rings (SSSR count). The molecule has 0 amide bonds. The molecular formula is C21H18N4O. The Morgan fingerprint density at radius 1 is 1.15 bits per heavy atom. The summed E-state index contributed by atoms with van der Waals surface area (Å²) in [6, 6.07) is 21.6. The number of fused-ring (bicyclic) bond motifs is 3. The van der Waals surface area contributed by atoms with Gasteiger partial charge in [0, 0.05) is 0 Å². The molecule has 2 aromatic heterocycles. The van der Waals surface area contributed by atoms with Crippen molar-refractivity contribution in [2.24, 2.45) is 0 Å². The maximum atomic E-state index is 9.91. The third kappa shape index (κ3) is 2.57. The Morgan fingerprint density at radius 2 is 1.88 bits per heavy atom. The fourth-order valence-electron chi connectivity index (χ4n) is 3.30. The monoisotopic (exact) mass is 342 g/mol. The van der Waals surface area contributed by atoms with Gasteiger partial charge in [0.1, 0.15) is 11.9 Å². The lowest BCUT2D eigenvalue weighted by Crippen LogP contribution is -2.17. The lowest BCUT2D eigenvalue weighted by atomic mass is 10.1. The Labute approximate surface area is 151 Å². The summed E-state index contributed by atoms with van der Waals surface area (Å²) in [5.74, 6) is 0.799. The summed E-state index contributed by atoms with van der Waals surface area (Å²) in [4.78, 5) is 4.65. The predicted molar refractivity (Wildman–Crippen MR) is 102 cm³/mol. The quantitative estimate of drug-likeness (QED) is 0.591. The second-order valence-corrected chi connectivity index (χ2v) is 6.25. The number of aliphatic hydroxyl groups excluding tert-OH is 1. The largest absolute Gasteiger partial charge is 0.394 e. The van der Waals surface area contributed by atoms with Crippen molar-refractivity contribution >= 4 is 22.5 Å². The van der Waals surface area contributed by atoms with E-state index in [2.05, 4.69) is 16.4 Å². The van der Waals surface area contributed by atoms with E-state index in [1.165, 1.54) is 0 Å². The molecule has 0 saturated carbocycles. The maximum Gasteiger partial charge on any atom is 0.157 e. The number of imidazole rings is 1. The highest BCUT2D eigenvalue weighted by atomic mass is 16.3. The van der Waals surface area contributed by atoms with Crippen LogP contribution >= 0.6 is 0 Å². The number of nitriles is 1. The zero-order valence-corrected chi connectivity index (χ0v) is 14.3. The number of anilines is 1. The van der Waals surface area contributed by atoms with Crippen LogP contribution in [0.3, 0.4) is 0 Å². The van der Waals surface area contributed by atoms with Crippen LogP contribution in [-0.2, 0) is 0 Å². The Hall–Kier alpha value is -3.36. The van der Waals surface area contributed by atoms with Gasteiger partial charge >= 0.3 is 0 Å². The number of nitrogens with zero attached hydrogens (tertiary/aromatic N) is 3. The smallest absolute Gasteiger partial charge is 0.157 e. The van der Waals surface area contributed by atoms with Crippen molar-refractivity contribution in [2.75, 3.05) is 11.9 Å². The van der Waals surface area contributed by atoms with Crippen molar-refractivity contribution in [1.29, 1.82) is 5.26 Å². The van der Waals surface area contributed by atoms with Crippen molar-refractivity contribution in [3.8, 4) is 6.07 Å². The minimum atomic E-state index is -0.257. The molecular weight excluding hydrogens is 324 g/mol. The molecule has 0 radical (unpaired) electrons. The molecule has 0 aliphatic carbocycles. The summed E-state index contributed by atoms with van der Waals surface area (Å²) in [7, 11) is 0. The van der Waals surface area contributed by atoms with Gasteiger partial charge < -0.3 is 10.4 Å². The minimum Gasteiger partial charge on any atom is -0.394 e. The Bertz CT molecular complexity index is 1130. The Morgan fingerprint density at radius 3 is 2.62 bits per heavy atom. The first-order valence-corrected chi connectivity index (χ1v) is 8.46. The number of aromatic nitrogens is 2. The molecule has 0 unspecified atom stereocenters. The average Bonchev–Trinajstić information content (AvgIpc) is 3.06. The van der Waals surface area contributed by atoms with Crippen molar-refractivity contribution in [3.05, 3.63) is 77.4 Å². The third-order valence-electron chi connectivity index (χ3n) is 4.59. The number of rotatable bonds is 4. The third-order valence-corrected chi connectivity index (χ3v) is 4.59. The first-order chi connectivity index (χ1) is 12.7. The van der Waals surface area contributed by atoms with Gasteiger partial charge in [-0.1, -0.05) is 42.5 Å². The van der Waals surface area contributed by atoms with Crippen LogP contribution in [0.25, 0.3) is 16.7 Å². The number of aryl methyl sites for hydroxylation is 1. The van der Waals surface area contributed by atoms with Gasteiger partial charge in [0.25, 0.3) is 0 Å². The highest BCUT2D eigenvalue weighted by molar-refractivity contribution is 5.85. The molecule has 0 aliphatic heterocycles. The molecule has 2 heterocycles. The number of hydrogen-bond acceptors (Lipinski definition) is 4. The van der Waals surface area contributed by atoms with Gasteiger partial charge in [0.2, 0.25) is 0 Å². The maximum absolute atomic E-state index is 9.91. The van der Waals surface area contributed by atoms with Crippen LogP contribution in [0.1, 0.15) is 22.7 Å². The lowest BCUT2D eigenvalue weighted by molar-refractivity contribution is 0.276. The van der Waals surface area contributed by atoms with Crippen molar-refractivity contribution in [2.45, 2.75) is 13.0 Å². The fourth-order valence-corrected chi connectivity index (χ4v) is 3.30. The number of benzene rings is 2. The Kier molecular flexibility index (Phi) is 4.04. The summed E-state index contributed by atoms with van der Waals surface area (Å²) in [6.45, 7) is 1.86. The second kappa shape index (κ2) is 6.51. The first-order valence-electron chi connectivity index (χ1n) is 8.46. The SMILES string of the molecule is Cc1cc(N[C@@H](CO)c2ccccc2)n2c(nc3ccccc32)c1C#N.